The van der Waals surface area contributed by atoms with Crippen LogP contribution in [0, 0.1) is 6.92 Å². The zero-order valence-corrected chi connectivity index (χ0v) is 9.85. The third kappa shape index (κ3) is 1.47. The fourth-order valence-corrected chi connectivity index (χ4v) is 2.01. The molecule has 0 atom stereocenters. The number of aromatic nitrogens is 1. The first-order chi connectivity index (χ1) is 6.59. The van der Waals surface area contributed by atoms with Crippen molar-refractivity contribution >= 4 is 44.1 Å². The quantitative estimate of drug-likeness (QED) is 0.796. The van der Waals surface area contributed by atoms with E-state index in [0.717, 1.165) is 20.8 Å². The molecule has 14 heavy (non-hydrogen) atoms. The van der Waals surface area contributed by atoms with E-state index in [1.165, 1.54) is 0 Å². The second-order valence-electron chi connectivity index (χ2n) is 3.15. The van der Waals surface area contributed by atoms with Crippen LogP contribution in [-0.2, 0) is 0 Å². The minimum Gasteiger partial charge on any atom is -0.384 e. The van der Waals surface area contributed by atoms with Crippen molar-refractivity contribution < 1.29 is 0 Å². The summed E-state index contributed by atoms with van der Waals surface area (Å²) in [6.07, 6.45) is 1.69. The lowest BCUT2D eigenvalue weighted by Crippen LogP contribution is -1.90. The molecule has 0 spiro atoms. The van der Waals surface area contributed by atoms with Crippen molar-refractivity contribution in [1.29, 1.82) is 0 Å². The first kappa shape index (κ1) is 9.74. The van der Waals surface area contributed by atoms with Crippen LogP contribution in [0.5, 0.6) is 0 Å². The Kier molecular flexibility index (Phi) is 2.37. The molecule has 2 rings (SSSR count). The normalized spacial score (nSPS) is 10.8. The molecule has 1 aromatic heterocycles. The van der Waals surface area contributed by atoms with Crippen LogP contribution in [0.3, 0.4) is 0 Å². The average Bonchev–Trinajstić information content (AvgIpc) is 2.14. The molecule has 0 unspecified atom stereocenters. The summed E-state index contributed by atoms with van der Waals surface area (Å²) in [5.41, 5.74) is 6.69. The van der Waals surface area contributed by atoms with Crippen LogP contribution in [0.25, 0.3) is 10.8 Å². The minimum absolute atomic E-state index is 0.510. The molecule has 4 heteroatoms. The summed E-state index contributed by atoms with van der Waals surface area (Å²) >= 11 is 9.58. The van der Waals surface area contributed by atoms with Gasteiger partial charge in [0.05, 0.1) is 5.02 Å². The lowest BCUT2D eigenvalue weighted by Gasteiger charge is -2.06. The maximum Gasteiger partial charge on any atom is 0.123 e. The largest absolute Gasteiger partial charge is 0.384 e. The molecular formula is C10H8BrClN2. The number of pyridine rings is 1. The summed E-state index contributed by atoms with van der Waals surface area (Å²) in [6, 6.07) is 3.85. The third-order valence-electron chi connectivity index (χ3n) is 2.10. The summed E-state index contributed by atoms with van der Waals surface area (Å²) in [7, 11) is 0. The van der Waals surface area contributed by atoms with Crippen LogP contribution in [0.1, 0.15) is 5.56 Å². The van der Waals surface area contributed by atoms with Gasteiger partial charge >= 0.3 is 0 Å². The average molecular weight is 272 g/mol. The number of rotatable bonds is 0. The maximum atomic E-state index is 6.16. The fourth-order valence-electron chi connectivity index (χ4n) is 1.38. The Hall–Kier alpha value is -0.800. The number of halogens is 2. The van der Waals surface area contributed by atoms with Crippen LogP contribution in [-0.4, -0.2) is 4.98 Å². The van der Waals surface area contributed by atoms with Gasteiger partial charge in [-0.15, -0.1) is 0 Å². The summed E-state index contributed by atoms with van der Waals surface area (Å²) < 4.78 is 0.915. The van der Waals surface area contributed by atoms with Gasteiger partial charge in [0.25, 0.3) is 0 Å². The van der Waals surface area contributed by atoms with Gasteiger partial charge < -0.3 is 5.73 Å². The number of nitrogens with zero attached hydrogens (tertiary/aromatic N) is 1. The van der Waals surface area contributed by atoms with E-state index < -0.39 is 0 Å². The molecule has 0 amide bonds. The molecule has 0 aliphatic carbocycles. The van der Waals surface area contributed by atoms with Gasteiger partial charge in [0.1, 0.15) is 5.82 Å². The zero-order chi connectivity index (χ0) is 10.3. The van der Waals surface area contributed by atoms with Gasteiger partial charge in [-0.2, -0.15) is 0 Å². The number of benzene rings is 1. The van der Waals surface area contributed by atoms with E-state index in [-0.39, 0.29) is 0 Å². The SMILES string of the molecule is Cc1cc2cc(N)ncc2c(Cl)c1Br. The van der Waals surface area contributed by atoms with Crippen LogP contribution in [0.2, 0.25) is 5.02 Å². The maximum absolute atomic E-state index is 6.16. The van der Waals surface area contributed by atoms with Crippen LogP contribution in [0.15, 0.2) is 22.8 Å². The van der Waals surface area contributed by atoms with Gasteiger partial charge in [-0.25, -0.2) is 4.98 Å². The lowest BCUT2D eigenvalue weighted by atomic mass is 10.1. The summed E-state index contributed by atoms with van der Waals surface area (Å²) in [5.74, 6) is 0.510. The molecule has 2 N–H and O–H groups in total. The molecule has 0 bridgehead atoms. The Labute approximate surface area is 95.2 Å². The van der Waals surface area contributed by atoms with Gasteiger partial charge in [0, 0.05) is 16.1 Å². The van der Waals surface area contributed by atoms with Crippen molar-refractivity contribution in [3.8, 4) is 0 Å². The number of aryl methyl sites for hydroxylation is 1. The monoisotopic (exact) mass is 270 g/mol. The zero-order valence-electron chi connectivity index (χ0n) is 7.51. The van der Waals surface area contributed by atoms with Crippen molar-refractivity contribution in [2.45, 2.75) is 6.92 Å². The molecular weight excluding hydrogens is 263 g/mol. The Morgan fingerprint density at radius 2 is 2.14 bits per heavy atom. The fraction of sp³-hybridized carbons (Fsp3) is 0.100. The number of hydrogen-bond donors (Lipinski definition) is 1. The highest BCUT2D eigenvalue weighted by atomic mass is 79.9. The number of hydrogen-bond acceptors (Lipinski definition) is 2. The smallest absolute Gasteiger partial charge is 0.123 e. The van der Waals surface area contributed by atoms with Crippen molar-refractivity contribution in [2.24, 2.45) is 0 Å². The van der Waals surface area contributed by atoms with Gasteiger partial charge in [0.15, 0.2) is 0 Å². The summed E-state index contributed by atoms with van der Waals surface area (Å²) in [5, 5.41) is 2.62. The molecule has 0 radical (unpaired) electrons. The predicted molar refractivity (Wildman–Crippen MR) is 63.6 cm³/mol. The minimum atomic E-state index is 0.510. The van der Waals surface area contributed by atoms with E-state index in [2.05, 4.69) is 20.9 Å². The summed E-state index contributed by atoms with van der Waals surface area (Å²) in [6.45, 7) is 1.99. The predicted octanol–water partition coefficient (Wildman–Crippen LogP) is 3.54. The lowest BCUT2D eigenvalue weighted by molar-refractivity contribution is 1.36. The molecule has 72 valence electrons. The number of fused-ring (bicyclic) bond motifs is 1. The molecule has 1 heterocycles. The van der Waals surface area contributed by atoms with E-state index in [9.17, 15) is 0 Å². The molecule has 2 aromatic rings. The topological polar surface area (TPSA) is 38.9 Å². The second-order valence-corrected chi connectivity index (χ2v) is 4.32. The van der Waals surface area contributed by atoms with Gasteiger partial charge in [0.2, 0.25) is 0 Å². The van der Waals surface area contributed by atoms with E-state index in [1.807, 2.05) is 19.1 Å². The number of nitrogen functional groups attached to an aromatic ring is 1. The van der Waals surface area contributed by atoms with Gasteiger partial charge in [-0.3, -0.25) is 0 Å². The molecule has 0 saturated carbocycles. The standard InChI is InChI=1S/C10H8BrClN2/c1-5-2-6-3-8(13)14-4-7(6)10(12)9(5)11/h2-4H,1H3,(H2,13,14). The van der Waals surface area contributed by atoms with Crippen molar-refractivity contribution in [3.05, 3.63) is 33.4 Å². The summed E-state index contributed by atoms with van der Waals surface area (Å²) in [4.78, 5) is 4.01. The van der Waals surface area contributed by atoms with Crippen molar-refractivity contribution in [3.63, 3.8) is 0 Å². The van der Waals surface area contributed by atoms with E-state index in [0.29, 0.717) is 10.8 Å². The van der Waals surface area contributed by atoms with E-state index in [4.69, 9.17) is 17.3 Å². The molecule has 0 aliphatic rings. The van der Waals surface area contributed by atoms with Gasteiger partial charge in [-0.1, -0.05) is 17.7 Å². The molecule has 0 aliphatic heterocycles. The first-order valence-electron chi connectivity index (χ1n) is 4.09. The highest BCUT2D eigenvalue weighted by Crippen LogP contribution is 2.33. The Morgan fingerprint density at radius 1 is 1.43 bits per heavy atom. The number of nitrogens with two attached hydrogens (primary N) is 1. The Bertz CT molecular complexity index is 511. The van der Waals surface area contributed by atoms with E-state index >= 15 is 0 Å². The molecule has 1 aromatic carbocycles. The third-order valence-corrected chi connectivity index (χ3v) is 3.75. The van der Waals surface area contributed by atoms with Crippen molar-refractivity contribution in [2.75, 3.05) is 5.73 Å². The van der Waals surface area contributed by atoms with Crippen LogP contribution >= 0.6 is 27.5 Å². The highest BCUT2D eigenvalue weighted by Gasteiger charge is 2.07. The first-order valence-corrected chi connectivity index (χ1v) is 5.26. The Balaban J connectivity index is 2.91. The van der Waals surface area contributed by atoms with Crippen LogP contribution < -0.4 is 5.73 Å². The van der Waals surface area contributed by atoms with Gasteiger partial charge in [-0.05, 0) is 39.9 Å². The van der Waals surface area contributed by atoms with Crippen molar-refractivity contribution in [1.82, 2.24) is 4.98 Å². The Morgan fingerprint density at radius 3 is 2.86 bits per heavy atom. The van der Waals surface area contributed by atoms with Crippen LogP contribution in [0.4, 0.5) is 5.82 Å². The molecule has 0 saturated heterocycles. The van der Waals surface area contributed by atoms with E-state index in [1.54, 1.807) is 6.20 Å². The molecule has 2 nitrogen and oxygen atoms in total. The molecule has 0 fully saturated rings. The second kappa shape index (κ2) is 3.41. The number of anilines is 1. The highest BCUT2D eigenvalue weighted by molar-refractivity contribution is 9.10.